The fourth-order valence-corrected chi connectivity index (χ4v) is 4.99. The standard InChI is InChI=1S/C21H23F2N3O3S/c1-12-18(13-8-10-26(12)11-9-13)25-20(27)16-6-7-17(30-16)29-15-5-3-2-4-14(15)24-21(28)19(22)23/h2-7,12-13,18-19H,8-11H2,1H3,(H,24,28)(H,25,27). The summed E-state index contributed by atoms with van der Waals surface area (Å²) in [6.45, 7) is 4.34. The van der Waals surface area contributed by atoms with Crippen LogP contribution in [0.15, 0.2) is 36.4 Å². The molecule has 0 saturated carbocycles. The van der Waals surface area contributed by atoms with Crippen LogP contribution in [0.5, 0.6) is 10.8 Å². The zero-order valence-corrected chi connectivity index (χ0v) is 17.3. The molecule has 6 nitrogen and oxygen atoms in total. The van der Waals surface area contributed by atoms with Crippen LogP contribution >= 0.6 is 11.3 Å². The maximum atomic E-state index is 12.8. The number of thiophene rings is 1. The van der Waals surface area contributed by atoms with Crippen molar-refractivity contribution in [2.24, 2.45) is 5.92 Å². The molecule has 2 atom stereocenters. The maximum Gasteiger partial charge on any atom is 0.315 e. The number of ether oxygens (including phenoxy) is 1. The van der Waals surface area contributed by atoms with Gasteiger partial charge in [-0.1, -0.05) is 23.5 Å². The fraction of sp³-hybridized carbons (Fsp3) is 0.429. The molecular weight excluding hydrogens is 412 g/mol. The number of carbonyl (C=O) groups excluding carboxylic acids is 2. The largest absolute Gasteiger partial charge is 0.444 e. The van der Waals surface area contributed by atoms with Gasteiger partial charge in [0, 0.05) is 12.1 Å². The first kappa shape index (κ1) is 20.7. The number of anilines is 1. The first-order chi connectivity index (χ1) is 14.4. The molecule has 2 N–H and O–H groups in total. The van der Waals surface area contributed by atoms with Crippen LogP contribution in [0.3, 0.4) is 0 Å². The van der Waals surface area contributed by atoms with Crippen molar-refractivity contribution < 1.29 is 23.1 Å². The van der Waals surface area contributed by atoms with Gasteiger partial charge in [-0.05, 0) is 63.0 Å². The van der Waals surface area contributed by atoms with Gasteiger partial charge in [-0.25, -0.2) is 0 Å². The van der Waals surface area contributed by atoms with E-state index < -0.39 is 12.3 Å². The number of fused-ring (bicyclic) bond motifs is 3. The van der Waals surface area contributed by atoms with Crippen LogP contribution in [0, 0.1) is 5.92 Å². The van der Waals surface area contributed by atoms with Gasteiger partial charge >= 0.3 is 6.43 Å². The smallest absolute Gasteiger partial charge is 0.315 e. The Morgan fingerprint density at radius 2 is 1.90 bits per heavy atom. The van der Waals surface area contributed by atoms with Crippen LogP contribution in [0.25, 0.3) is 0 Å². The number of amides is 2. The first-order valence-corrected chi connectivity index (χ1v) is 10.7. The van der Waals surface area contributed by atoms with Crippen LogP contribution in [0.1, 0.15) is 29.4 Å². The second-order valence-electron chi connectivity index (χ2n) is 7.62. The maximum absolute atomic E-state index is 12.8. The van der Waals surface area contributed by atoms with Crippen molar-refractivity contribution in [2.45, 2.75) is 38.3 Å². The van der Waals surface area contributed by atoms with Crippen molar-refractivity contribution in [3.05, 3.63) is 41.3 Å². The lowest BCUT2D eigenvalue weighted by atomic mass is 9.79. The van der Waals surface area contributed by atoms with Crippen LogP contribution < -0.4 is 15.4 Å². The first-order valence-electron chi connectivity index (χ1n) is 9.93. The quantitative estimate of drug-likeness (QED) is 0.721. The molecule has 5 rings (SSSR count). The van der Waals surface area contributed by atoms with Crippen molar-refractivity contribution in [1.29, 1.82) is 0 Å². The van der Waals surface area contributed by atoms with Gasteiger partial charge in [0.2, 0.25) is 0 Å². The third kappa shape index (κ3) is 4.32. The summed E-state index contributed by atoms with van der Waals surface area (Å²) in [5.74, 6) is -0.801. The molecule has 3 saturated heterocycles. The molecule has 4 heterocycles. The molecule has 160 valence electrons. The summed E-state index contributed by atoms with van der Waals surface area (Å²) in [7, 11) is 0. The minimum Gasteiger partial charge on any atom is -0.444 e. The minimum atomic E-state index is -3.12. The number of benzene rings is 1. The topological polar surface area (TPSA) is 70.7 Å². The summed E-state index contributed by atoms with van der Waals surface area (Å²) in [6.07, 6.45) is -0.909. The van der Waals surface area contributed by atoms with Gasteiger partial charge < -0.3 is 15.4 Å². The van der Waals surface area contributed by atoms with Gasteiger partial charge in [0.05, 0.1) is 10.6 Å². The predicted octanol–water partition coefficient (Wildman–Crippen LogP) is 3.96. The van der Waals surface area contributed by atoms with E-state index in [2.05, 4.69) is 22.5 Å². The van der Waals surface area contributed by atoms with E-state index >= 15 is 0 Å². The van der Waals surface area contributed by atoms with Gasteiger partial charge in [-0.3, -0.25) is 14.5 Å². The molecular formula is C21H23F2N3O3S. The Labute approximate surface area is 177 Å². The van der Waals surface area contributed by atoms with Crippen LogP contribution in [0.4, 0.5) is 14.5 Å². The van der Waals surface area contributed by atoms with Gasteiger partial charge in [0.15, 0.2) is 10.8 Å². The molecule has 2 bridgehead atoms. The third-order valence-corrected chi connectivity index (χ3v) is 6.80. The molecule has 9 heteroatoms. The van der Waals surface area contributed by atoms with Gasteiger partial charge in [0.25, 0.3) is 11.8 Å². The Bertz CT molecular complexity index is 926. The van der Waals surface area contributed by atoms with Crippen molar-refractivity contribution in [3.8, 4) is 10.8 Å². The third-order valence-electron chi connectivity index (χ3n) is 5.83. The molecule has 3 aliphatic rings. The molecule has 3 fully saturated rings. The van der Waals surface area contributed by atoms with E-state index in [4.69, 9.17) is 4.74 Å². The van der Waals surface area contributed by atoms with Crippen molar-refractivity contribution in [2.75, 3.05) is 18.4 Å². The number of alkyl halides is 2. The van der Waals surface area contributed by atoms with E-state index in [1.54, 1.807) is 30.3 Å². The Hall–Kier alpha value is -2.52. The lowest BCUT2D eigenvalue weighted by molar-refractivity contribution is -0.126. The van der Waals surface area contributed by atoms with Gasteiger partial charge in [-0.2, -0.15) is 8.78 Å². The van der Waals surface area contributed by atoms with E-state index in [1.807, 2.05) is 0 Å². The second-order valence-corrected chi connectivity index (χ2v) is 8.67. The summed E-state index contributed by atoms with van der Waals surface area (Å²) >= 11 is 1.17. The molecule has 2 aromatic rings. The monoisotopic (exact) mass is 435 g/mol. The van der Waals surface area contributed by atoms with Crippen LogP contribution in [0.2, 0.25) is 0 Å². The highest BCUT2D eigenvalue weighted by Crippen LogP contribution is 2.35. The Kier molecular flexibility index (Phi) is 6.01. The van der Waals surface area contributed by atoms with E-state index in [9.17, 15) is 18.4 Å². The number of carbonyl (C=O) groups is 2. The number of para-hydroxylation sites is 2. The number of nitrogens with zero attached hydrogens (tertiary/aromatic N) is 1. The summed E-state index contributed by atoms with van der Waals surface area (Å²) < 4.78 is 30.8. The molecule has 0 spiro atoms. The van der Waals surface area contributed by atoms with Crippen molar-refractivity contribution in [3.63, 3.8) is 0 Å². The van der Waals surface area contributed by atoms with Crippen LogP contribution in [-0.4, -0.2) is 48.3 Å². The molecule has 2 amide bonds. The summed E-state index contributed by atoms with van der Waals surface area (Å²) in [5, 5.41) is 5.75. The number of halogens is 2. The molecule has 1 aromatic carbocycles. The van der Waals surface area contributed by atoms with E-state index in [1.165, 1.54) is 17.4 Å². The fourth-order valence-electron chi connectivity index (χ4n) is 4.22. The Morgan fingerprint density at radius 1 is 1.17 bits per heavy atom. The molecule has 30 heavy (non-hydrogen) atoms. The zero-order chi connectivity index (χ0) is 21.3. The molecule has 0 aliphatic carbocycles. The van der Waals surface area contributed by atoms with Gasteiger partial charge in [0.1, 0.15) is 0 Å². The lowest BCUT2D eigenvalue weighted by Crippen LogP contribution is -2.62. The number of nitrogens with one attached hydrogen (secondary N) is 2. The number of piperidine rings is 3. The zero-order valence-electron chi connectivity index (χ0n) is 16.4. The highest BCUT2D eigenvalue weighted by Gasteiger charge is 2.40. The molecule has 1 aromatic heterocycles. The second kappa shape index (κ2) is 8.69. The Balaban J connectivity index is 1.42. The minimum absolute atomic E-state index is 0.136. The van der Waals surface area contributed by atoms with E-state index in [0.29, 0.717) is 21.9 Å². The summed E-state index contributed by atoms with van der Waals surface area (Å²) in [6, 6.07) is 10.1. The average Bonchev–Trinajstić information content (AvgIpc) is 3.21. The molecule has 3 aliphatic heterocycles. The summed E-state index contributed by atoms with van der Waals surface area (Å²) in [5.41, 5.74) is 0.142. The number of rotatable bonds is 6. The molecule has 0 radical (unpaired) electrons. The SMILES string of the molecule is CC1C(NC(=O)c2ccc(Oc3ccccc3NC(=O)C(F)F)s2)C2CCN1CC2. The number of hydrogen-bond acceptors (Lipinski definition) is 5. The van der Waals surface area contributed by atoms with Crippen molar-refractivity contribution in [1.82, 2.24) is 10.2 Å². The van der Waals surface area contributed by atoms with Crippen LogP contribution in [-0.2, 0) is 4.79 Å². The van der Waals surface area contributed by atoms with E-state index in [0.717, 1.165) is 25.9 Å². The van der Waals surface area contributed by atoms with E-state index in [-0.39, 0.29) is 23.4 Å². The number of hydrogen-bond donors (Lipinski definition) is 2. The Morgan fingerprint density at radius 3 is 2.60 bits per heavy atom. The summed E-state index contributed by atoms with van der Waals surface area (Å²) in [4.78, 5) is 27.0. The lowest BCUT2D eigenvalue weighted by Gasteiger charge is -2.49. The predicted molar refractivity (Wildman–Crippen MR) is 110 cm³/mol. The highest BCUT2D eigenvalue weighted by molar-refractivity contribution is 7.15. The molecule has 2 unspecified atom stereocenters. The highest BCUT2D eigenvalue weighted by atomic mass is 32.1. The van der Waals surface area contributed by atoms with Crippen molar-refractivity contribution >= 4 is 28.8 Å². The normalized spacial score (nSPS) is 25.2. The average molecular weight is 435 g/mol. The van der Waals surface area contributed by atoms with Gasteiger partial charge in [-0.15, -0.1) is 0 Å².